The van der Waals surface area contributed by atoms with Crippen LogP contribution in [0.4, 0.5) is 0 Å². The molecule has 3 heterocycles. The van der Waals surface area contributed by atoms with E-state index in [1.54, 1.807) is 17.5 Å². The van der Waals surface area contributed by atoms with Crippen molar-refractivity contribution in [2.45, 2.75) is 6.04 Å². The van der Waals surface area contributed by atoms with Gasteiger partial charge in [0.2, 0.25) is 0 Å². The molecule has 1 unspecified atom stereocenters. The number of carbonyl (C=O) groups excluding carboxylic acids is 1. The Morgan fingerprint density at radius 3 is 2.95 bits per heavy atom. The van der Waals surface area contributed by atoms with Gasteiger partial charge in [0, 0.05) is 36.9 Å². The molecule has 116 valence electrons. The van der Waals surface area contributed by atoms with E-state index in [4.69, 9.17) is 4.74 Å². The fourth-order valence-electron chi connectivity index (χ4n) is 2.48. The summed E-state index contributed by atoms with van der Waals surface area (Å²) in [4.78, 5) is 23.7. The summed E-state index contributed by atoms with van der Waals surface area (Å²) < 4.78 is 5.42. The maximum Gasteiger partial charge on any atom is 0.271 e. The highest BCUT2D eigenvalue weighted by molar-refractivity contribution is 7.10. The van der Waals surface area contributed by atoms with E-state index in [1.807, 2.05) is 6.07 Å². The van der Waals surface area contributed by atoms with Crippen molar-refractivity contribution >= 4 is 17.2 Å². The Labute approximate surface area is 133 Å². The average molecular weight is 318 g/mol. The summed E-state index contributed by atoms with van der Waals surface area (Å²) in [5.74, 6) is -0.192. The van der Waals surface area contributed by atoms with Crippen LogP contribution in [-0.2, 0) is 4.74 Å². The molecule has 1 saturated heterocycles. The fraction of sp³-hybridized carbons (Fsp3) is 0.400. The molecule has 3 rings (SSSR count). The maximum absolute atomic E-state index is 12.1. The molecule has 1 aliphatic rings. The molecule has 0 spiro atoms. The van der Waals surface area contributed by atoms with Gasteiger partial charge < -0.3 is 10.1 Å². The summed E-state index contributed by atoms with van der Waals surface area (Å²) in [6.07, 6.45) is 4.55. The van der Waals surface area contributed by atoms with E-state index in [1.165, 1.54) is 17.3 Å². The molecule has 0 radical (unpaired) electrons. The quantitative estimate of drug-likeness (QED) is 0.901. The number of rotatable bonds is 5. The van der Waals surface area contributed by atoms with Crippen molar-refractivity contribution in [2.24, 2.45) is 0 Å². The second kappa shape index (κ2) is 7.44. The minimum atomic E-state index is -0.192. The highest BCUT2D eigenvalue weighted by Gasteiger charge is 2.24. The van der Waals surface area contributed by atoms with Gasteiger partial charge in [-0.05, 0) is 11.4 Å². The molecule has 7 heteroatoms. The Balaban J connectivity index is 1.66. The second-order valence-electron chi connectivity index (χ2n) is 4.98. The van der Waals surface area contributed by atoms with E-state index in [9.17, 15) is 4.79 Å². The van der Waals surface area contributed by atoms with Crippen molar-refractivity contribution in [1.82, 2.24) is 20.2 Å². The normalized spacial score (nSPS) is 17.1. The largest absolute Gasteiger partial charge is 0.379 e. The zero-order valence-corrected chi connectivity index (χ0v) is 13.0. The van der Waals surface area contributed by atoms with Gasteiger partial charge in [0.15, 0.2) is 0 Å². The number of carbonyl (C=O) groups is 1. The highest BCUT2D eigenvalue weighted by Crippen LogP contribution is 2.25. The number of nitrogens with zero attached hydrogens (tertiary/aromatic N) is 3. The van der Waals surface area contributed by atoms with Gasteiger partial charge >= 0.3 is 0 Å². The van der Waals surface area contributed by atoms with Gasteiger partial charge in [0.1, 0.15) is 5.69 Å². The molecule has 2 aromatic rings. The monoisotopic (exact) mass is 318 g/mol. The van der Waals surface area contributed by atoms with Crippen molar-refractivity contribution < 1.29 is 9.53 Å². The number of morpholine rings is 1. The van der Waals surface area contributed by atoms with Gasteiger partial charge in [-0.25, -0.2) is 4.98 Å². The first-order valence-electron chi connectivity index (χ1n) is 7.24. The summed E-state index contributed by atoms with van der Waals surface area (Å²) in [6, 6.07) is 4.32. The van der Waals surface area contributed by atoms with E-state index in [2.05, 4.69) is 31.6 Å². The van der Waals surface area contributed by atoms with Crippen LogP contribution in [0.1, 0.15) is 21.4 Å². The molecule has 0 aliphatic carbocycles. The van der Waals surface area contributed by atoms with Crippen molar-refractivity contribution in [2.75, 3.05) is 32.8 Å². The van der Waals surface area contributed by atoms with Crippen LogP contribution in [0, 0.1) is 0 Å². The molecule has 1 aliphatic heterocycles. The zero-order chi connectivity index (χ0) is 15.2. The van der Waals surface area contributed by atoms with Crippen LogP contribution in [0.2, 0.25) is 0 Å². The van der Waals surface area contributed by atoms with Crippen LogP contribution >= 0.6 is 11.3 Å². The molecule has 1 N–H and O–H groups in total. The first-order valence-corrected chi connectivity index (χ1v) is 8.12. The molecule has 0 saturated carbocycles. The third-order valence-electron chi connectivity index (χ3n) is 3.61. The van der Waals surface area contributed by atoms with Crippen molar-refractivity contribution in [1.29, 1.82) is 0 Å². The predicted molar refractivity (Wildman–Crippen MR) is 83.8 cm³/mol. The average Bonchev–Trinajstić information content (AvgIpc) is 3.11. The standard InChI is InChI=1S/C15H18N4O2S/c20-15(12-10-16-3-4-17-12)18-11-13(14-2-1-9-22-14)19-5-7-21-8-6-19/h1-4,9-10,13H,5-8,11H2,(H,18,20). The summed E-state index contributed by atoms with van der Waals surface area (Å²) in [6.45, 7) is 3.78. The Morgan fingerprint density at radius 1 is 1.41 bits per heavy atom. The Kier molecular flexibility index (Phi) is 5.10. The summed E-state index contributed by atoms with van der Waals surface area (Å²) in [7, 11) is 0. The number of hydrogen-bond donors (Lipinski definition) is 1. The molecule has 0 aromatic carbocycles. The van der Waals surface area contributed by atoms with Crippen molar-refractivity contribution in [3.8, 4) is 0 Å². The number of aromatic nitrogens is 2. The summed E-state index contributed by atoms with van der Waals surface area (Å²) >= 11 is 1.71. The summed E-state index contributed by atoms with van der Waals surface area (Å²) in [5, 5.41) is 5.03. The SMILES string of the molecule is O=C(NCC(c1cccs1)N1CCOCC1)c1cnccn1. The number of hydrogen-bond acceptors (Lipinski definition) is 6. The number of thiophene rings is 1. The molecule has 0 bridgehead atoms. The van der Waals surface area contributed by atoms with E-state index >= 15 is 0 Å². The van der Waals surface area contributed by atoms with E-state index in [0.717, 1.165) is 26.3 Å². The lowest BCUT2D eigenvalue weighted by Gasteiger charge is -2.34. The van der Waals surface area contributed by atoms with Gasteiger partial charge in [0.05, 0.1) is 25.5 Å². The Morgan fingerprint density at radius 2 is 2.27 bits per heavy atom. The third kappa shape index (κ3) is 3.68. The fourth-order valence-corrected chi connectivity index (χ4v) is 3.34. The third-order valence-corrected chi connectivity index (χ3v) is 4.58. The predicted octanol–water partition coefficient (Wildman–Crippen LogP) is 1.34. The molecule has 6 nitrogen and oxygen atoms in total. The van der Waals surface area contributed by atoms with Crippen molar-refractivity contribution in [3.63, 3.8) is 0 Å². The zero-order valence-electron chi connectivity index (χ0n) is 12.1. The molecular formula is C15H18N4O2S. The summed E-state index contributed by atoms with van der Waals surface area (Å²) in [5.41, 5.74) is 0.342. The number of amides is 1. The van der Waals surface area contributed by atoms with Gasteiger partial charge in [-0.15, -0.1) is 11.3 Å². The van der Waals surface area contributed by atoms with E-state index < -0.39 is 0 Å². The lowest BCUT2D eigenvalue weighted by atomic mass is 10.2. The minimum absolute atomic E-state index is 0.171. The van der Waals surface area contributed by atoms with Gasteiger partial charge in [-0.1, -0.05) is 6.07 Å². The van der Waals surface area contributed by atoms with Crippen LogP contribution in [0.15, 0.2) is 36.1 Å². The maximum atomic E-state index is 12.1. The van der Waals surface area contributed by atoms with Crippen LogP contribution in [0.25, 0.3) is 0 Å². The molecule has 1 atom stereocenters. The topological polar surface area (TPSA) is 67.4 Å². The van der Waals surface area contributed by atoms with Crippen LogP contribution in [0.5, 0.6) is 0 Å². The second-order valence-corrected chi connectivity index (χ2v) is 5.96. The first kappa shape index (κ1) is 15.1. The first-order chi connectivity index (χ1) is 10.8. The Bertz CT molecular complexity index is 585. The number of nitrogens with one attached hydrogen (secondary N) is 1. The molecule has 1 fully saturated rings. The van der Waals surface area contributed by atoms with Crippen LogP contribution in [0.3, 0.4) is 0 Å². The molecular weight excluding hydrogens is 300 g/mol. The van der Waals surface area contributed by atoms with E-state index in [-0.39, 0.29) is 11.9 Å². The smallest absolute Gasteiger partial charge is 0.271 e. The molecule has 2 aromatic heterocycles. The van der Waals surface area contributed by atoms with Gasteiger partial charge in [-0.3, -0.25) is 14.7 Å². The molecule has 1 amide bonds. The number of ether oxygens (including phenoxy) is 1. The lowest BCUT2D eigenvalue weighted by Crippen LogP contribution is -2.43. The lowest BCUT2D eigenvalue weighted by molar-refractivity contribution is 0.0169. The van der Waals surface area contributed by atoms with E-state index in [0.29, 0.717) is 12.2 Å². The Hall–Kier alpha value is -1.83. The van der Waals surface area contributed by atoms with Crippen LogP contribution < -0.4 is 5.32 Å². The minimum Gasteiger partial charge on any atom is -0.379 e. The van der Waals surface area contributed by atoms with Crippen LogP contribution in [-0.4, -0.2) is 53.6 Å². The van der Waals surface area contributed by atoms with Gasteiger partial charge in [-0.2, -0.15) is 0 Å². The van der Waals surface area contributed by atoms with Crippen molar-refractivity contribution in [3.05, 3.63) is 46.7 Å². The van der Waals surface area contributed by atoms with Gasteiger partial charge in [0.25, 0.3) is 5.91 Å². The highest BCUT2D eigenvalue weighted by atomic mass is 32.1. The molecule has 22 heavy (non-hydrogen) atoms.